The molecule has 0 N–H and O–H groups in total. The smallest absolute Gasteiger partial charge is 0.409 e. The normalized spacial score (nSPS) is 18.7. The molecule has 0 saturated carbocycles. The fourth-order valence-electron chi connectivity index (χ4n) is 1.52. The standard InChI is InChI=1S/C11H21NO2/c1-9(2)8-14-11(13)12-6-4-10(3)5-7-12/h9-10H,4-8H2,1-3H3. The molecule has 1 amide bonds. The van der Waals surface area contributed by atoms with Gasteiger partial charge in [-0.2, -0.15) is 0 Å². The van der Waals surface area contributed by atoms with Gasteiger partial charge in [-0.3, -0.25) is 0 Å². The number of hydrogen-bond donors (Lipinski definition) is 0. The van der Waals surface area contributed by atoms with E-state index in [4.69, 9.17) is 4.74 Å². The van der Waals surface area contributed by atoms with Crippen LogP contribution in [0.1, 0.15) is 33.6 Å². The van der Waals surface area contributed by atoms with Gasteiger partial charge in [-0.1, -0.05) is 20.8 Å². The molecule has 1 rings (SSSR count). The third-order valence-electron chi connectivity index (χ3n) is 2.58. The van der Waals surface area contributed by atoms with E-state index in [2.05, 4.69) is 6.92 Å². The van der Waals surface area contributed by atoms with Crippen molar-refractivity contribution in [3.05, 3.63) is 0 Å². The highest BCUT2D eigenvalue weighted by Crippen LogP contribution is 2.16. The van der Waals surface area contributed by atoms with Crippen LogP contribution in [0, 0.1) is 11.8 Å². The number of carbonyl (C=O) groups is 1. The van der Waals surface area contributed by atoms with Crippen molar-refractivity contribution in [2.45, 2.75) is 33.6 Å². The van der Waals surface area contributed by atoms with Crippen molar-refractivity contribution in [1.29, 1.82) is 0 Å². The number of rotatable bonds is 2. The molecule has 1 heterocycles. The first-order chi connectivity index (χ1) is 6.59. The molecule has 0 unspecified atom stereocenters. The topological polar surface area (TPSA) is 29.5 Å². The van der Waals surface area contributed by atoms with Gasteiger partial charge in [-0.15, -0.1) is 0 Å². The number of hydrogen-bond acceptors (Lipinski definition) is 2. The van der Waals surface area contributed by atoms with Crippen LogP contribution in [-0.2, 0) is 4.74 Å². The average molecular weight is 199 g/mol. The van der Waals surface area contributed by atoms with E-state index in [9.17, 15) is 4.79 Å². The molecule has 0 bridgehead atoms. The molecule has 3 heteroatoms. The van der Waals surface area contributed by atoms with Crippen LogP contribution in [-0.4, -0.2) is 30.7 Å². The van der Waals surface area contributed by atoms with E-state index >= 15 is 0 Å². The van der Waals surface area contributed by atoms with Crippen LogP contribution in [0.5, 0.6) is 0 Å². The summed E-state index contributed by atoms with van der Waals surface area (Å²) in [7, 11) is 0. The second kappa shape index (κ2) is 5.23. The zero-order valence-electron chi connectivity index (χ0n) is 9.45. The molecule has 0 aromatic heterocycles. The lowest BCUT2D eigenvalue weighted by molar-refractivity contribution is 0.0803. The van der Waals surface area contributed by atoms with Gasteiger partial charge in [-0.25, -0.2) is 4.79 Å². The predicted molar refractivity (Wildman–Crippen MR) is 56.2 cm³/mol. The molecule has 0 atom stereocenters. The Morgan fingerprint density at radius 1 is 1.43 bits per heavy atom. The molecule has 1 aliphatic heterocycles. The highest BCUT2D eigenvalue weighted by atomic mass is 16.6. The zero-order chi connectivity index (χ0) is 10.6. The number of amides is 1. The van der Waals surface area contributed by atoms with Crippen LogP contribution < -0.4 is 0 Å². The fraction of sp³-hybridized carbons (Fsp3) is 0.909. The third-order valence-corrected chi connectivity index (χ3v) is 2.58. The first-order valence-electron chi connectivity index (χ1n) is 5.51. The van der Waals surface area contributed by atoms with Gasteiger partial charge in [0, 0.05) is 13.1 Å². The quantitative estimate of drug-likeness (QED) is 0.684. The van der Waals surface area contributed by atoms with Crippen LogP contribution in [0.3, 0.4) is 0 Å². The highest BCUT2D eigenvalue weighted by Gasteiger charge is 2.21. The monoisotopic (exact) mass is 199 g/mol. The summed E-state index contributed by atoms with van der Waals surface area (Å²) < 4.78 is 5.17. The molecule has 1 aliphatic rings. The lowest BCUT2D eigenvalue weighted by atomic mass is 10.00. The Hall–Kier alpha value is -0.730. The van der Waals surface area contributed by atoms with E-state index < -0.39 is 0 Å². The average Bonchev–Trinajstić information content (AvgIpc) is 2.15. The van der Waals surface area contributed by atoms with Crippen LogP contribution in [0.25, 0.3) is 0 Å². The SMILES string of the molecule is CC(C)COC(=O)N1CCC(C)CC1. The third kappa shape index (κ3) is 3.56. The first kappa shape index (κ1) is 11.3. The van der Waals surface area contributed by atoms with E-state index in [1.165, 1.54) is 0 Å². The molecule has 14 heavy (non-hydrogen) atoms. The van der Waals surface area contributed by atoms with Crippen molar-refractivity contribution in [3.63, 3.8) is 0 Å². The lowest BCUT2D eigenvalue weighted by Gasteiger charge is -2.29. The molecule has 0 radical (unpaired) electrons. The zero-order valence-corrected chi connectivity index (χ0v) is 9.45. The molecule has 0 aromatic carbocycles. The largest absolute Gasteiger partial charge is 0.449 e. The Kier molecular flexibility index (Phi) is 4.23. The van der Waals surface area contributed by atoms with Crippen molar-refractivity contribution in [2.75, 3.05) is 19.7 Å². The van der Waals surface area contributed by atoms with E-state index in [0.717, 1.165) is 31.8 Å². The van der Waals surface area contributed by atoms with E-state index in [1.807, 2.05) is 18.7 Å². The number of likely N-dealkylation sites (tertiary alicyclic amines) is 1. The summed E-state index contributed by atoms with van der Waals surface area (Å²) >= 11 is 0. The van der Waals surface area contributed by atoms with Crippen molar-refractivity contribution in [2.24, 2.45) is 11.8 Å². The fourth-order valence-corrected chi connectivity index (χ4v) is 1.52. The van der Waals surface area contributed by atoms with Crippen molar-refractivity contribution in [3.8, 4) is 0 Å². The second-order valence-electron chi connectivity index (χ2n) is 4.64. The maximum atomic E-state index is 11.5. The maximum absolute atomic E-state index is 11.5. The van der Waals surface area contributed by atoms with Gasteiger partial charge in [0.25, 0.3) is 0 Å². The van der Waals surface area contributed by atoms with Gasteiger partial charge >= 0.3 is 6.09 Å². The summed E-state index contributed by atoms with van der Waals surface area (Å²) in [6.07, 6.45) is 2.08. The summed E-state index contributed by atoms with van der Waals surface area (Å²) in [4.78, 5) is 13.3. The highest BCUT2D eigenvalue weighted by molar-refractivity contribution is 5.67. The second-order valence-corrected chi connectivity index (χ2v) is 4.64. The summed E-state index contributed by atoms with van der Waals surface area (Å²) in [6.45, 7) is 8.58. The summed E-state index contributed by atoms with van der Waals surface area (Å²) in [6, 6.07) is 0. The van der Waals surface area contributed by atoms with Crippen LogP contribution in [0.2, 0.25) is 0 Å². The van der Waals surface area contributed by atoms with Crippen molar-refractivity contribution < 1.29 is 9.53 Å². The summed E-state index contributed by atoms with van der Waals surface area (Å²) in [5, 5.41) is 0. The number of carbonyl (C=O) groups excluding carboxylic acids is 1. The molecule has 0 spiro atoms. The Morgan fingerprint density at radius 2 is 2.00 bits per heavy atom. The Bertz CT molecular complexity index is 184. The molecule has 0 aliphatic carbocycles. The summed E-state index contributed by atoms with van der Waals surface area (Å²) in [5.74, 6) is 1.17. The minimum Gasteiger partial charge on any atom is -0.449 e. The molecule has 3 nitrogen and oxygen atoms in total. The van der Waals surface area contributed by atoms with E-state index in [0.29, 0.717) is 12.5 Å². The molecule has 1 fully saturated rings. The first-order valence-corrected chi connectivity index (χ1v) is 5.51. The van der Waals surface area contributed by atoms with Gasteiger partial charge in [0.15, 0.2) is 0 Å². The number of piperidine rings is 1. The van der Waals surface area contributed by atoms with Gasteiger partial charge in [-0.05, 0) is 24.7 Å². The van der Waals surface area contributed by atoms with Gasteiger partial charge in [0.05, 0.1) is 6.61 Å². The lowest BCUT2D eigenvalue weighted by Crippen LogP contribution is -2.38. The van der Waals surface area contributed by atoms with Gasteiger partial charge in [0.2, 0.25) is 0 Å². The molecular formula is C11H21NO2. The number of nitrogens with zero attached hydrogens (tertiary/aromatic N) is 1. The molecule has 1 saturated heterocycles. The number of ether oxygens (including phenoxy) is 1. The minimum atomic E-state index is -0.134. The predicted octanol–water partition coefficient (Wildman–Crippen LogP) is 2.51. The van der Waals surface area contributed by atoms with Gasteiger partial charge < -0.3 is 9.64 Å². The Balaban J connectivity index is 2.24. The van der Waals surface area contributed by atoms with Crippen LogP contribution in [0.4, 0.5) is 4.79 Å². The Labute approximate surface area is 86.4 Å². The molecule has 0 aromatic rings. The van der Waals surface area contributed by atoms with Crippen LogP contribution >= 0.6 is 0 Å². The molecule has 82 valence electrons. The molecular weight excluding hydrogens is 178 g/mol. The van der Waals surface area contributed by atoms with Crippen molar-refractivity contribution in [1.82, 2.24) is 4.90 Å². The maximum Gasteiger partial charge on any atom is 0.409 e. The van der Waals surface area contributed by atoms with Crippen molar-refractivity contribution >= 4 is 6.09 Å². The van der Waals surface area contributed by atoms with Crippen LogP contribution in [0.15, 0.2) is 0 Å². The van der Waals surface area contributed by atoms with E-state index in [-0.39, 0.29) is 6.09 Å². The Morgan fingerprint density at radius 3 is 2.50 bits per heavy atom. The van der Waals surface area contributed by atoms with E-state index in [1.54, 1.807) is 0 Å². The van der Waals surface area contributed by atoms with Gasteiger partial charge in [0.1, 0.15) is 0 Å². The summed E-state index contributed by atoms with van der Waals surface area (Å²) in [5.41, 5.74) is 0. The minimum absolute atomic E-state index is 0.134.